The van der Waals surface area contributed by atoms with Gasteiger partial charge in [0.25, 0.3) is 0 Å². The molecule has 0 unspecified atom stereocenters. The van der Waals surface area contributed by atoms with Gasteiger partial charge in [-0.1, -0.05) is 12.1 Å². The highest BCUT2D eigenvalue weighted by Crippen LogP contribution is 2.12. The van der Waals surface area contributed by atoms with Crippen LogP contribution in [0, 0.1) is 0 Å². The number of carbonyl (C=O) groups excluding carboxylic acids is 2. The fraction of sp³-hybridized carbons (Fsp3) is 0.500. The molecule has 0 bridgehead atoms. The minimum atomic E-state index is 0.0388. The predicted molar refractivity (Wildman–Crippen MR) is 79.7 cm³/mol. The smallest absolute Gasteiger partial charge is 0.225 e. The molecule has 108 valence electrons. The summed E-state index contributed by atoms with van der Waals surface area (Å²) in [5.74, 6) is 0.166. The van der Waals surface area contributed by atoms with Crippen LogP contribution in [-0.4, -0.2) is 36.2 Å². The van der Waals surface area contributed by atoms with Gasteiger partial charge in [0.05, 0.1) is 0 Å². The van der Waals surface area contributed by atoms with E-state index in [0.29, 0.717) is 12.8 Å². The van der Waals surface area contributed by atoms with Crippen LogP contribution >= 0.6 is 0 Å². The largest absolute Gasteiger partial charge is 0.326 e. The lowest BCUT2D eigenvalue weighted by atomic mass is 10.1. The minimum Gasteiger partial charge on any atom is -0.326 e. The average Bonchev–Trinajstić information content (AvgIpc) is 2.89. The van der Waals surface area contributed by atoms with Crippen LogP contribution in [0.2, 0.25) is 0 Å². The molecule has 1 aromatic carbocycles. The molecule has 0 atom stereocenters. The molecular formula is C16H22N2O2. The summed E-state index contributed by atoms with van der Waals surface area (Å²) in [6.45, 7) is 4.63. The summed E-state index contributed by atoms with van der Waals surface area (Å²) in [4.78, 5) is 25.3. The summed E-state index contributed by atoms with van der Waals surface area (Å²) in [5, 5.41) is 2.90. The van der Waals surface area contributed by atoms with Crippen molar-refractivity contribution in [1.29, 1.82) is 0 Å². The van der Waals surface area contributed by atoms with Crippen molar-refractivity contribution in [2.24, 2.45) is 0 Å². The zero-order valence-corrected chi connectivity index (χ0v) is 12.0. The zero-order chi connectivity index (χ0) is 14.4. The van der Waals surface area contributed by atoms with Crippen LogP contribution in [0.4, 0.5) is 5.69 Å². The van der Waals surface area contributed by atoms with Crippen LogP contribution in [0.15, 0.2) is 24.3 Å². The lowest BCUT2D eigenvalue weighted by molar-refractivity contribution is -0.117. The maximum Gasteiger partial charge on any atom is 0.225 e. The van der Waals surface area contributed by atoms with Crippen LogP contribution < -0.4 is 5.32 Å². The lowest BCUT2D eigenvalue weighted by Gasteiger charge is -2.14. The standard InChI is InChI=1S/C16H22N2O2/c1-13(19)11-14-5-4-6-15(12-14)17-16(20)7-10-18-8-2-3-9-18/h4-6,12H,2-3,7-11H2,1H3,(H,17,20). The average molecular weight is 274 g/mol. The van der Waals surface area contributed by atoms with Crippen LogP contribution in [0.1, 0.15) is 31.7 Å². The van der Waals surface area contributed by atoms with Crippen molar-refractivity contribution < 1.29 is 9.59 Å². The zero-order valence-electron chi connectivity index (χ0n) is 12.0. The molecule has 4 nitrogen and oxygen atoms in total. The van der Waals surface area contributed by atoms with Crippen LogP contribution in [-0.2, 0) is 16.0 Å². The number of likely N-dealkylation sites (tertiary alicyclic amines) is 1. The molecule has 0 saturated carbocycles. The van der Waals surface area contributed by atoms with Crippen molar-refractivity contribution in [2.45, 2.75) is 32.6 Å². The maximum absolute atomic E-state index is 11.9. The van der Waals surface area contributed by atoms with Gasteiger partial charge in [-0.2, -0.15) is 0 Å². The Labute approximate surface area is 120 Å². The fourth-order valence-corrected chi connectivity index (χ4v) is 2.54. The van der Waals surface area contributed by atoms with Crippen LogP contribution in [0.25, 0.3) is 0 Å². The summed E-state index contributed by atoms with van der Waals surface area (Å²) in [7, 11) is 0. The topological polar surface area (TPSA) is 49.4 Å². The van der Waals surface area contributed by atoms with Crippen molar-refractivity contribution in [1.82, 2.24) is 4.90 Å². The highest BCUT2D eigenvalue weighted by molar-refractivity contribution is 5.91. The van der Waals surface area contributed by atoms with Crippen molar-refractivity contribution in [2.75, 3.05) is 25.0 Å². The predicted octanol–water partition coefficient (Wildman–Crippen LogP) is 2.24. The third kappa shape index (κ3) is 4.78. The third-order valence-corrected chi connectivity index (χ3v) is 3.52. The van der Waals surface area contributed by atoms with Crippen molar-refractivity contribution in [3.8, 4) is 0 Å². The van der Waals surface area contributed by atoms with Crippen LogP contribution in [0.5, 0.6) is 0 Å². The van der Waals surface area contributed by atoms with E-state index in [-0.39, 0.29) is 11.7 Å². The molecule has 1 heterocycles. The second kappa shape index (κ2) is 7.20. The SMILES string of the molecule is CC(=O)Cc1cccc(NC(=O)CCN2CCCC2)c1. The van der Waals surface area contributed by atoms with Crippen LogP contribution in [0.3, 0.4) is 0 Å². The van der Waals surface area contributed by atoms with Gasteiger partial charge >= 0.3 is 0 Å². The van der Waals surface area contributed by atoms with Gasteiger partial charge < -0.3 is 10.2 Å². The van der Waals surface area contributed by atoms with Gasteiger partial charge in [0.1, 0.15) is 5.78 Å². The Hall–Kier alpha value is -1.68. The molecule has 0 aliphatic carbocycles. The third-order valence-electron chi connectivity index (χ3n) is 3.52. The Morgan fingerprint density at radius 2 is 2.00 bits per heavy atom. The Kier molecular flexibility index (Phi) is 5.30. The van der Waals surface area contributed by atoms with Crippen molar-refractivity contribution in [3.63, 3.8) is 0 Å². The van der Waals surface area contributed by atoms with Gasteiger partial charge in [-0.15, -0.1) is 0 Å². The Balaban J connectivity index is 1.82. The number of ketones is 1. The number of carbonyl (C=O) groups is 2. The molecule has 4 heteroatoms. The van der Waals surface area contributed by atoms with E-state index in [1.807, 2.05) is 24.3 Å². The first-order valence-electron chi connectivity index (χ1n) is 7.24. The highest BCUT2D eigenvalue weighted by atomic mass is 16.1. The quantitative estimate of drug-likeness (QED) is 0.865. The molecule has 0 aromatic heterocycles. The molecule has 2 rings (SSSR count). The molecule has 20 heavy (non-hydrogen) atoms. The molecule has 1 amide bonds. The number of hydrogen-bond acceptors (Lipinski definition) is 3. The molecule has 0 spiro atoms. The van der Waals surface area contributed by atoms with E-state index in [1.165, 1.54) is 12.8 Å². The van der Waals surface area contributed by atoms with Gasteiger partial charge in [-0.3, -0.25) is 9.59 Å². The highest BCUT2D eigenvalue weighted by Gasteiger charge is 2.12. The lowest BCUT2D eigenvalue weighted by Crippen LogP contribution is -2.25. The van der Waals surface area contributed by atoms with Gasteiger partial charge in [0.15, 0.2) is 0 Å². The summed E-state index contributed by atoms with van der Waals surface area (Å²) < 4.78 is 0. The fourth-order valence-electron chi connectivity index (χ4n) is 2.54. The van der Waals surface area contributed by atoms with Gasteiger partial charge in [-0.25, -0.2) is 0 Å². The summed E-state index contributed by atoms with van der Waals surface area (Å²) in [6.07, 6.45) is 3.43. The van der Waals surface area contributed by atoms with Crippen molar-refractivity contribution >= 4 is 17.4 Å². The van der Waals surface area contributed by atoms with E-state index in [0.717, 1.165) is 30.9 Å². The molecule has 0 radical (unpaired) electrons. The number of amides is 1. The number of hydrogen-bond donors (Lipinski definition) is 1. The number of benzene rings is 1. The number of nitrogens with one attached hydrogen (secondary N) is 1. The minimum absolute atomic E-state index is 0.0388. The molecule has 1 aliphatic heterocycles. The number of anilines is 1. The van der Waals surface area contributed by atoms with Gasteiger partial charge in [0.2, 0.25) is 5.91 Å². The monoisotopic (exact) mass is 274 g/mol. The second-order valence-electron chi connectivity index (χ2n) is 5.43. The summed E-state index contributed by atoms with van der Waals surface area (Å²) >= 11 is 0. The van der Waals surface area contributed by atoms with E-state index in [1.54, 1.807) is 6.92 Å². The number of Topliss-reactive ketones (excluding diaryl/α,β-unsaturated/α-hetero) is 1. The van der Waals surface area contributed by atoms with E-state index in [9.17, 15) is 9.59 Å². The Morgan fingerprint density at radius 3 is 2.70 bits per heavy atom. The molecular weight excluding hydrogens is 252 g/mol. The molecule has 1 saturated heterocycles. The van der Waals surface area contributed by atoms with Crippen molar-refractivity contribution in [3.05, 3.63) is 29.8 Å². The number of rotatable bonds is 6. The second-order valence-corrected chi connectivity index (χ2v) is 5.43. The van der Waals surface area contributed by atoms with E-state index in [2.05, 4.69) is 10.2 Å². The first kappa shape index (κ1) is 14.7. The molecule has 1 aromatic rings. The van der Waals surface area contributed by atoms with E-state index >= 15 is 0 Å². The molecule has 1 aliphatic rings. The molecule has 1 fully saturated rings. The Bertz CT molecular complexity index is 479. The maximum atomic E-state index is 11.9. The Morgan fingerprint density at radius 1 is 1.25 bits per heavy atom. The summed E-state index contributed by atoms with van der Waals surface area (Å²) in [5.41, 5.74) is 1.71. The van der Waals surface area contributed by atoms with Gasteiger partial charge in [-0.05, 0) is 50.6 Å². The summed E-state index contributed by atoms with van der Waals surface area (Å²) in [6, 6.07) is 7.50. The normalized spacial score (nSPS) is 15.2. The number of nitrogens with zero attached hydrogens (tertiary/aromatic N) is 1. The van der Waals surface area contributed by atoms with Gasteiger partial charge in [0, 0.05) is 25.1 Å². The van der Waals surface area contributed by atoms with E-state index < -0.39 is 0 Å². The first-order valence-corrected chi connectivity index (χ1v) is 7.24. The van der Waals surface area contributed by atoms with E-state index in [4.69, 9.17) is 0 Å². The first-order chi connectivity index (χ1) is 9.63. The molecule has 1 N–H and O–H groups in total.